The number of fused-ring (bicyclic) bond motifs is 2. The number of piperidine rings is 1. The Hall–Kier alpha value is -1.84. The maximum Gasteiger partial charge on any atom is 0.255 e. The molecule has 1 atom stereocenters. The SMILES string of the molecule is O=C1CCC(N2Cc3c(cc4c(c3I)OCO4)C2=O)C(=O)N1. The predicted molar refractivity (Wildman–Crippen MR) is 81.3 cm³/mol. The van der Waals surface area contributed by atoms with Crippen LogP contribution < -0.4 is 14.8 Å². The Bertz CT molecular complexity index is 732. The number of hydrogen-bond acceptors (Lipinski definition) is 5. The average molecular weight is 414 g/mol. The van der Waals surface area contributed by atoms with Crippen molar-refractivity contribution in [2.45, 2.75) is 25.4 Å². The molecule has 1 N–H and O–H groups in total. The van der Waals surface area contributed by atoms with Gasteiger partial charge in [0.15, 0.2) is 11.5 Å². The van der Waals surface area contributed by atoms with Gasteiger partial charge in [-0.1, -0.05) is 0 Å². The average Bonchev–Trinajstić information content (AvgIpc) is 3.06. The Morgan fingerprint density at radius 3 is 2.86 bits per heavy atom. The highest BCUT2D eigenvalue weighted by molar-refractivity contribution is 14.1. The van der Waals surface area contributed by atoms with Crippen molar-refractivity contribution in [3.63, 3.8) is 0 Å². The lowest BCUT2D eigenvalue weighted by atomic mass is 10.0. The second-order valence-corrected chi connectivity index (χ2v) is 6.43. The molecule has 0 aromatic heterocycles. The molecule has 3 aliphatic rings. The highest BCUT2D eigenvalue weighted by Crippen LogP contribution is 2.43. The number of benzene rings is 1. The van der Waals surface area contributed by atoms with Crippen LogP contribution in [0.4, 0.5) is 0 Å². The molecule has 1 aromatic carbocycles. The zero-order chi connectivity index (χ0) is 15.4. The van der Waals surface area contributed by atoms with Gasteiger partial charge in [0.25, 0.3) is 5.91 Å². The third-order valence-electron chi connectivity index (χ3n) is 4.11. The Morgan fingerprint density at radius 2 is 2.09 bits per heavy atom. The zero-order valence-corrected chi connectivity index (χ0v) is 13.5. The molecule has 3 amide bonds. The summed E-state index contributed by atoms with van der Waals surface area (Å²) in [4.78, 5) is 37.4. The summed E-state index contributed by atoms with van der Waals surface area (Å²) in [6.07, 6.45) is 0.601. The lowest BCUT2D eigenvalue weighted by Gasteiger charge is -2.29. The highest BCUT2D eigenvalue weighted by Gasteiger charge is 2.41. The maximum absolute atomic E-state index is 12.6. The van der Waals surface area contributed by atoms with E-state index in [4.69, 9.17) is 9.47 Å². The number of ether oxygens (including phenoxy) is 2. The normalized spacial score (nSPS) is 22.9. The van der Waals surface area contributed by atoms with E-state index in [1.807, 2.05) is 0 Å². The molecule has 4 rings (SSSR count). The second-order valence-electron chi connectivity index (χ2n) is 5.35. The van der Waals surface area contributed by atoms with Crippen LogP contribution in [0.25, 0.3) is 0 Å². The van der Waals surface area contributed by atoms with Crippen molar-refractivity contribution in [3.8, 4) is 11.5 Å². The summed E-state index contributed by atoms with van der Waals surface area (Å²) in [5.41, 5.74) is 1.39. The number of rotatable bonds is 1. The molecule has 0 bridgehead atoms. The van der Waals surface area contributed by atoms with Crippen LogP contribution in [0.3, 0.4) is 0 Å². The first kappa shape index (κ1) is 13.8. The number of nitrogens with zero attached hydrogens (tertiary/aromatic N) is 1. The van der Waals surface area contributed by atoms with Gasteiger partial charge in [-0.3, -0.25) is 19.7 Å². The molecular formula is C14H11IN2O5. The first-order chi connectivity index (χ1) is 10.6. The van der Waals surface area contributed by atoms with Gasteiger partial charge in [0.1, 0.15) is 6.04 Å². The number of imide groups is 1. The highest BCUT2D eigenvalue weighted by atomic mass is 127. The third kappa shape index (κ3) is 1.89. The number of halogens is 1. The van der Waals surface area contributed by atoms with Gasteiger partial charge in [0, 0.05) is 24.1 Å². The largest absolute Gasteiger partial charge is 0.454 e. The first-order valence-corrected chi connectivity index (χ1v) is 7.90. The Kier molecular flexibility index (Phi) is 3.03. The molecule has 7 nitrogen and oxygen atoms in total. The van der Waals surface area contributed by atoms with Gasteiger partial charge in [0.2, 0.25) is 18.6 Å². The Morgan fingerprint density at radius 1 is 1.27 bits per heavy atom. The van der Waals surface area contributed by atoms with E-state index < -0.39 is 11.9 Å². The fourth-order valence-electron chi connectivity index (χ4n) is 3.01. The van der Waals surface area contributed by atoms with Crippen LogP contribution in [0.5, 0.6) is 11.5 Å². The van der Waals surface area contributed by atoms with Crippen LogP contribution in [0, 0.1) is 3.57 Å². The van der Waals surface area contributed by atoms with Gasteiger partial charge in [-0.15, -0.1) is 0 Å². The third-order valence-corrected chi connectivity index (χ3v) is 5.25. The van der Waals surface area contributed by atoms with Crippen LogP contribution in [-0.2, 0) is 16.1 Å². The summed E-state index contributed by atoms with van der Waals surface area (Å²) < 4.78 is 11.6. The number of carbonyl (C=O) groups excluding carboxylic acids is 3. The summed E-state index contributed by atoms with van der Waals surface area (Å²) in [7, 11) is 0. The van der Waals surface area contributed by atoms with E-state index in [-0.39, 0.29) is 25.0 Å². The fraction of sp³-hybridized carbons (Fsp3) is 0.357. The summed E-state index contributed by atoms with van der Waals surface area (Å²) in [5.74, 6) is 0.299. The minimum atomic E-state index is -0.606. The van der Waals surface area contributed by atoms with Crippen LogP contribution in [0.1, 0.15) is 28.8 Å². The van der Waals surface area contributed by atoms with Gasteiger partial charge in [-0.25, -0.2) is 0 Å². The van der Waals surface area contributed by atoms with Gasteiger partial charge >= 0.3 is 0 Å². The first-order valence-electron chi connectivity index (χ1n) is 6.82. The lowest BCUT2D eigenvalue weighted by Crippen LogP contribution is -2.52. The van der Waals surface area contributed by atoms with E-state index in [1.165, 1.54) is 4.90 Å². The summed E-state index contributed by atoms with van der Waals surface area (Å²) in [6, 6.07) is 1.07. The minimum Gasteiger partial charge on any atom is -0.454 e. The number of carbonyl (C=O) groups is 3. The van der Waals surface area contributed by atoms with Crippen molar-refractivity contribution < 1.29 is 23.9 Å². The molecular weight excluding hydrogens is 403 g/mol. The zero-order valence-electron chi connectivity index (χ0n) is 11.3. The number of amides is 3. The Labute approximate surface area is 139 Å². The molecule has 3 aliphatic heterocycles. The van der Waals surface area contributed by atoms with E-state index in [9.17, 15) is 14.4 Å². The Balaban J connectivity index is 1.69. The maximum atomic E-state index is 12.6. The van der Waals surface area contributed by atoms with Gasteiger partial charge in [-0.05, 0) is 35.1 Å². The van der Waals surface area contributed by atoms with E-state index >= 15 is 0 Å². The minimum absolute atomic E-state index is 0.152. The van der Waals surface area contributed by atoms with Gasteiger partial charge in [0.05, 0.1) is 3.57 Å². The van der Waals surface area contributed by atoms with Crippen LogP contribution in [0.2, 0.25) is 0 Å². The van der Waals surface area contributed by atoms with Crippen molar-refractivity contribution >= 4 is 40.3 Å². The van der Waals surface area contributed by atoms with E-state index in [0.29, 0.717) is 30.0 Å². The monoisotopic (exact) mass is 414 g/mol. The fourth-order valence-corrected chi connectivity index (χ4v) is 3.90. The predicted octanol–water partition coefficient (Wildman–Crippen LogP) is 0.781. The molecule has 1 saturated heterocycles. The molecule has 0 saturated carbocycles. The van der Waals surface area contributed by atoms with Crippen molar-refractivity contribution in [3.05, 3.63) is 20.8 Å². The second kappa shape index (κ2) is 4.83. The summed E-state index contributed by atoms with van der Waals surface area (Å²) >= 11 is 2.13. The van der Waals surface area contributed by atoms with Crippen molar-refractivity contribution in [2.75, 3.05) is 6.79 Å². The molecule has 114 valence electrons. The van der Waals surface area contributed by atoms with Crippen molar-refractivity contribution in [2.24, 2.45) is 0 Å². The molecule has 8 heteroatoms. The molecule has 1 aromatic rings. The summed E-state index contributed by atoms with van der Waals surface area (Å²) in [5, 5.41) is 2.29. The standard InChI is InChI=1S/C14H11IN2O5/c15-11-7-4-17(8-1-2-10(18)16-13(8)19)14(20)6(7)3-9-12(11)22-5-21-9/h3,8H,1-2,4-5H2,(H,16,18,19). The lowest BCUT2D eigenvalue weighted by molar-refractivity contribution is -0.136. The van der Waals surface area contributed by atoms with Crippen LogP contribution in [-0.4, -0.2) is 35.5 Å². The van der Waals surface area contributed by atoms with E-state index in [2.05, 4.69) is 27.9 Å². The summed E-state index contributed by atoms with van der Waals surface area (Å²) in [6.45, 7) is 0.495. The molecule has 1 fully saturated rings. The molecule has 0 aliphatic carbocycles. The van der Waals surface area contributed by atoms with E-state index in [1.54, 1.807) is 6.07 Å². The quantitative estimate of drug-likeness (QED) is 0.543. The smallest absolute Gasteiger partial charge is 0.255 e. The molecule has 3 heterocycles. The topological polar surface area (TPSA) is 84.9 Å². The van der Waals surface area contributed by atoms with E-state index in [0.717, 1.165) is 9.13 Å². The molecule has 1 unspecified atom stereocenters. The van der Waals surface area contributed by atoms with Crippen LogP contribution in [0.15, 0.2) is 6.07 Å². The number of hydrogen-bond donors (Lipinski definition) is 1. The molecule has 0 spiro atoms. The van der Waals surface area contributed by atoms with Crippen molar-refractivity contribution in [1.29, 1.82) is 0 Å². The van der Waals surface area contributed by atoms with Gasteiger partial charge in [-0.2, -0.15) is 0 Å². The molecule has 0 radical (unpaired) electrons. The number of nitrogens with one attached hydrogen (secondary N) is 1. The van der Waals surface area contributed by atoms with Gasteiger partial charge < -0.3 is 14.4 Å². The van der Waals surface area contributed by atoms with Crippen LogP contribution >= 0.6 is 22.6 Å². The molecule has 22 heavy (non-hydrogen) atoms. The van der Waals surface area contributed by atoms with Crippen molar-refractivity contribution in [1.82, 2.24) is 10.2 Å².